The number of carbonyl (C=O) groups excluding carboxylic acids is 2. The predicted octanol–water partition coefficient (Wildman–Crippen LogP) is 4.86. The molecule has 0 aliphatic carbocycles. The van der Waals surface area contributed by atoms with Gasteiger partial charge in [0, 0.05) is 21.3 Å². The molecule has 0 atom stereocenters. The molecule has 3 rings (SSSR count). The normalized spacial score (nSPS) is 16.1. The van der Waals surface area contributed by atoms with Crippen molar-refractivity contribution >= 4 is 52.7 Å². The van der Waals surface area contributed by atoms with Gasteiger partial charge >= 0.3 is 6.03 Å². The molecule has 1 aliphatic heterocycles. The molecule has 24 heavy (non-hydrogen) atoms. The molecule has 1 aromatic carbocycles. The van der Waals surface area contributed by atoms with Crippen molar-refractivity contribution in [1.82, 2.24) is 10.2 Å². The van der Waals surface area contributed by atoms with Crippen molar-refractivity contribution in [3.8, 4) is 0 Å². The van der Waals surface area contributed by atoms with Gasteiger partial charge in [0.1, 0.15) is 5.70 Å². The van der Waals surface area contributed by atoms with E-state index >= 15 is 0 Å². The van der Waals surface area contributed by atoms with Gasteiger partial charge in [-0.3, -0.25) is 9.69 Å². The second-order valence-corrected chi connectivity index (χ2v) is 8.08. The highest BCUT2D eigenvalue weighted by molar-refractivity contribution is 8.01. The van der Waals surface area contributed by atoms with Crippen LogP contribution in [0.15, 0.2) is 51.2 Å². The summed E-state index contributed by atoms with van der Waals surface area (Å²) in [6.45, 7) is 2.37. The number of hydrogen-bond donors (Lipinski definition) is 1. The van der Waals surface area contributed by atoms with Crippen LogP contribution in [0.5, 0.6) is 0 Å². The van der Waals surface area contributed by atoms with Gasteiger partial charge in [-0.2, -0.15) is 0 Å². The molecule has 3 amide bonds. The first-order valence-electron chi connectivity index (χ1n) is 7.44. The Morgan fingerprint density at radius 1 is 1.21 bits per heavy atom. The summed E-state index contributed by atoms with van der Waals surface area (Å²) < 4.78 is 1.10. The summed E-state index contributed by atoms with van der Waals surface area (Å²) in [4.78, 5) is 27.3. The van der Waals surface area contributed by atoms with Crippen molar-refractivity contribution in [2.24, 2.45) is 0 Å². The molecule has 1 saturated heterocycles. The Morgan fingerprint density at radius 3 is 2.67 bits per heavy atom. The van der Waals surface area contributed by atoms with E-state index in [0.29, 0.717) is 17.3 Å². The summed E-state index contributed by atoms with van der Waals surface area (Å²) in [5.41, 5.74) is 0.332. The Hall–Kier alpha value is -1.76. The SMILES string of the molecule is CCCN1C(=O)N/C(=C/c2ccc(Sc3ccc(Cl)cc3)s2)C1=O. The lowest BCUT2D eigenvalue weighted by Gasteiger charge is -2.08. The molecule has 4 nitrogen and oxygen atoms in total. The molecule has 2 aromatic rings. The number of carbonyl (C=O) groups is 2. The zero-order valence-corrected chi connectivity index (χ0v) is 15.3. The van der Waals surface area contributed by atoms with Crippen molar-refractivity contribution < 1.29 is 9.59 Å². The molecule has 0 radical (unpaired) electrons. The summed E-state index contributed by atoms with van der Waals surface area (Å²) in [5.74, 6) is -0.262. The summed E-state index contributed by atoms with van der Waals surface area (Å²) in [7, 11) is 0. The zero-order valence-electron chi connectivity index (χ0n) is 12.9. The van der Waals surface area contributed by atoms with E-state index < -0.39 is 0 Å². The second kappa shape index (κ2) is 7.42. The topological polar surface area (TPSA) is 49.4 Å². The molecular weight excluding hydrogens is 364 g/mol. The molecule has 124 valence electrons. The molecule has 0 bridgehead atoms. The number of rotatable bonds is 5. The molecule has 1 aliphatic rings. The number of thiophene rings is 1. The molecular formula is C17H15ClN2O2S2. The molecule has 0 saturated carbocycles. The number of amides is 3. The third-order valence-electron chi connectivity index (χ3n) is 3.33. The predicted molar refractivity (Wildman–Crippen MR) is 98.4 cm³/mol. The summed E-state index contributed by atoms with van der Waals surface area (Å²) in [6, 6.07) is 11.2. The van der Waals surface area contributed by atoms with Crippen LogP contribution in [0.2, 0.25) is 5.02 Å². The highest BCUT2D eigenvalue weighted by atomic mass is 35.5. The minimum Gasteiger partial charge on any atom is -0.303 e. The number of urea groups is 1. The Balaban J connectivity index is 1.73. The van der Waals surface area contributed by atoms with Crippen molar-refractivity contribution in [2.75, 3.05) is 6.54 Å². The van der Waals surface area contributed by atoms with Crippen molar-refractivity contribution in [3.05, 3.63) is 52.0 Å². The lowest BCUT2D eigenvalue weighted by atomic mass is 10.3. The van der Waals surface area contributed by atoms with Crippen molar-refractivity contribution in [1.29, 1.82) is 0 Å². The first kappa shape index (κ1) is 17.1. The van der Waals surface area contributed by atoms with Crippen LogP contribution in [0.4, 0.5) is 4.79 Å². The lowest BCUT2D eigenvalue weighted by Crippen LogP contribution is -2.31. The van der Waals surface area contributed by atoms with Gasteiger partial charge in [-0.05, 0) is 48.9 Å². The molecule has 1 N–H and O–H groups in total. The zero-order chi connectivity index (χ0) is 17.1. The quantitative estimate of drug-likeness (QED) is 0.597. The van der Waals surface area contributed by atoms with Gasteiger partial charge < -0.3 is 5.32 Å². The number of nitrogens with one attached hydrogen (secondary N) is 1. The maximum absolute atomic E-state index is 12.2. The van der Waals surface area contributed by atoms with Crippen LogP contribution in [0.3, 0.4) is 0 Å². The molecule has 2 heterocycles. The molecule has 1 aromatic heterocycles. The Morgan fingerprint density at radius 2 is 1.96 bits per heavy atom. The minimum absolute atomic E-state index is 0.262. The van der Waals surface area contributed by atoms with E-state index in [2.05, 4.69) is 5.32 Å². The largest absolute Gasteiger partial charge is 0.329 e. The first-order valence-corrected chi connectivity index (χ1v) is 9.45. The highest BCUT2D eigenvalue weighted by Gasteiger charge is 2.32. The standard InChI is InChI=1S/C17H15ClN2O2S2/c1-2-9-20-16(21)14(19-17(20)22)10-13-7-8-15(24-13)23-12-5-3-11(18)4-6-12/h3-8,10H,2,9H2,1H3,(H,19,22)/b14-10+. The van der Waals surface area contributed by atoms with Crippen LogP contribution in [-0.2, 0) is 4.79 Å². The Labute approximate surface area is 153 Å². The second-order valence-electron chi connectivity index (χ2n) is 5.16. The maximum Gasteiger partial charge on any atom is 0.329 e. The number of benzene rings is 1. The van der Waals surface area contributed by atoms with Crippen molar-refractivity contribution in [3.63, 3.8) is 0 Å². The smallest absolute Gasteiger partial charge is 0.303 e. The van der Waals surface area contributed by atoms with Gasteiger partial charge in [-0.15, -0.1) is 11.3 Å². The Kier molecular flexibility index (Phi) is 5.28. The molecule has 0 unspecified atom stereocenters. The Bertz CT molecular complexity index is 799. The third-order valence-corrected chi connectivity index (χ3v) is 5.75. The van der Waals surface area contributed by atoms with Crippen molar-refractivity contribution in [2.45, 2.75) is 22.4 Å². The van der Waals surface area contributed by atoms with Gasteiger partial charge in [-0.1, -0.05) is 30.3 Å². The minimum atomic E-state index is -0.347. The van der Waals surface area contributed by atoms with Gasteiger partial charge in [0.15, 0.2) is 0 Å². The van der Waals surface area contributed by atoms with Crippen LogP contribution in [-0.4, -0.2) is 23.4 Å². The van der Waals surface area contributed by atoms with Crippen LogP contribution >= 0.6 is 34.7 Å². The fraction of sp³-hybridized carbons (Fsp3) is 0.176. The van der Waals surface area contributed by atoms with E-state index in [4.69, 9.17) is 11.6 Å². The third kappa shape index (κ3) is 3.83. The van der Waals surface area contributed by atoms with Crippen LogP contribution in [0.25, 0.3) is 6.08 Å². The number of halogens is 1. The van der Waals surface area contributed by atoms with E-state index in [1.165, 1.54) is 4.90 Å². The van der Waals surface area contributed by atoms with E-state index in [9.17, 15) is 9.59 Å². The number of imide groups is 1. The fourth-order valence-corrected chi connectivity index (χ4v) is 4.42. The monoisotopic (exact) mass is 378 g/mol. The summed E-state index contributed by atoms with van der Waals surface area (Å²) in [5, 5.41) is 3.35. The van der Waals surface area contributed by atoms with Gasteiger partial charge in [0.25, 0.3) is 5.91 Å². The van der Waals surface area contributed by atoms with Gasteiger partial charge in [0.2, 0.25) is 0 Å². The van der Waals surface area contributed by atoms with Crippen LogP contribution in [0, 0.1) is 0 Å². The van der Waals surface area contributed by atoms with E-state index in [-0.39, 0.29) is 11.9 Å². The average molecular weight is 379 g/mol. The summed E-state index contributed by atoms with van der Waals surface area (Å²) in [6.07, 6.45) is 2.47. The molecule has 0 spiro atoms. The van der Waals surface area contributed by atoms with Crippen LogP contribution < -0.4 is 5.32 Å². The first-order chi connectivity index (χ1) is 11.6. The number of nitrogens with zero attached hydrogens (tertiary/aromatic N) is 1. The lowest BCUT2D eigenvalue weighted by molar-refractivity contribution is -0.122. The van der Waals surface area contributed by atoms with E-state index in [1.54, 1.807) is 29.2 Å². The van der Waals surface area contributed by atoms with Gasteiger partial charge in [-0.25, -0.2) is 4.79 Å². The van der Waals surface area contributed by atoms with Gasteiger partial charge in [0.05, 0.1) is 4.21 Å². The van der Waals surface area contributed by atoms with E-state index in [0.717, 1.165) is 20.4 Å². The van der Waals surface area contributed by atoms with Crippen LogP contribution in [0.1, 0.15) is 18.2 Å². The molecule has 7 heteroatoms. The number of hydrogen-bond acceptors (Lipinski definition) is 4. The average Bonchev–Trinajstić information content (AvgIpc) is 3.10. The maximum atomic E-state index is 12.2. The van der Waals surface area contributed by atoms with E-state index in [1.807, 2.05) is 43.3 Å². The highest BCUT2D eigenvalue weighted by Crippen LogP contribution is 2.34. The molecule has 1 fully saturated rings. The summed E-state index contributed by atoms with van der Waals surface area (Å²) >= 11 is 9.09. The fourth-order valence-electron chi connectivity index (χ4n) is 2.23.